The highest BCUT2D eigenvalue weighted by atomic mass is 32.1. The summed E-state index contributed by atoms with van der Waals surface area (Å²) < 4.78 is 5.37. The Morgan fingerprint density at radius 1 is 1.20 bits per heavy atom. The summed E-state index contributed by atoms with van der Waals surface area (Å²) in [4.78, 5) is 11.6. The smallest absolute Gasteiger partial charge is 0.191 e. The van der Waals surface area contributed by atoms with E-state index in [9.17, 15) is 0 Å². The molecule has 0 aromatic carbocycles. The predicted molar refractivity (Wildman–Crippen MR) is 104 cm³/mol. The average Bonchev–Trinajstić information content (AvgIpc) is 3.35. The lowest BCUT2D eigenvalue weighted by Crippen LogP contribution is -2.39. The molecule has 0 saturated heterocycles. The third-order valence-corrected chi connectivity index (χ3v) is 5.35. The maximum atomic E-state index is 5.37. The molecular weight excluding hydrogens is 352 g/mol. The van der Waals surface area contributed by atoms with Gasteiger partial charge in [0.2, 0.25) is 0 Å². The minimum atomic E-state index is 0.685. The minimum Gasteiger partial charge on any atom is -0.469 e. The van der Waals surface area contributed by atoms with Gasteiger partial charge in [-0.15, -0.1) is 22.7 Å². The third-order valence-electron chi connectivity index (χ3n) is 3.52. The highest BCUT2D eigenvalue weighted by Crippen LogP contribution is 2.11. The maximum Gasteiger partial charge on any atom is 0.191 e. The lowest BCUT2D eigenvalue weighted by atomic mass is 10.3. The van der Waals surface area contributed by atoms with Crippen molar-refractivity contribution in [1.82, 2.24) is 15.6 Å². The summed E-state index contributed by atoms with van der Waals surface area (Å²) in [6.45, 7) is 4.35. The van der Waals surface area contributed by atoms with Crippen molar-refractivity contribution in [2.45, 2.75) is 26.3 Å². The summed E-state index contributed by atoms with van der Waals surface area (Å²) in [5.74, 6) is 1.80. The van der Waals surface area contributed by atoms with Crippen LogP contribution in [0.25, 0.3) is 0 Å². The van der Waals surface area contributed by atoms with Gasteiger partial charge in [0.1, 0.15) is 5.76 Å². The van der Waals surface area contributed by atoms with Crippen LogP contribution < -0.4 is 10.6 Å². The number of nitrogens with zero attached hydrogens (tertiary/aromatic N) is 2. The monoisotopic (exact) mass is 374 g/mol. The van der Waals surface area contributed by atoms with Crippen LogP contribution in [0.1, 0.15) is 20.5 Å². The van der Waals surface area contributed by atoms with E-state index < -0.39 is 0 Å². The first-order valence-electron chi connectivity index (χ1n) is 8.28. The number of aliphatic imine (C=N–C) groups is 1. The van der Waals surface area contributed by atoms with Gasteiger partial charge in [-0.1, -0.05) is 6.07 Å². The van der Waals surface area contributed by atoms with Crippen LogP contribution in [0.4, 0.5) is 0 Å². The first-order valence-corrected chi connectivity index (χ1v) is 9.97. The molecule has 0 saturated carbocycles. The number of hydrogen-bond acceptors (Lipinski definition) is 5. The Kier molecular flexibility index (Phi) is 6.64. The highest BCUT2D eigenvalue weighted by Gasteiger charge is 2.03. The van der Waals surface area contributed by atoms with E-state index in [1.165, 1.54) is 9.75 Å². The Morgan fingerprint density at radius 2 is 2.08 bits per heavy atom. The molecule has 0 bridgehead atoms. The molecule has 3 aromatic heterocycles. The second-order valence-electron chi connectivity index (χ2n) is 5.54. The van der Waals surface area contributed by atoms with Gasteiger partial charge >= 0.3 is 0 Å². The minimum absolute atomic E-state index is 0.685. The second-order valence-corrected chi connectivity index (χ2v) is 7.89. The van der Waals surface area contributed by atoms with Gasteiger partial charge in [0.15, 0.2) is 5.96 Å². The number of hydrogen-bond donors (Lipinski definition) is 2. The van der Waals surface area contributed by atoms with Crippen LogP contribution in [-0.4, -0.2) is 24.0 Å². The van der Waals surface area contributed by atoms with E-state index in [-0.39, 0.29) is 0 Å². The van der Waals surface area contributed by atoms with Crippen LogP contribution in [0.2, 0.25) is 0 Å². The molecular formula is C18H22N4OS2. The molecule has 0 radical (unpaired) electrons. The summed E-state index contributed by atoms with van der Waals surface area (Å²) in [6, 6.07) is 8.06. The van der Waals surface area contributed by atoms with Gasteiger partial charge in [-0.3, -0.25) is 0 Å². The fraction of sp³-hybridized carbons (Fsp3) is 0.333. The largest absolute Gasteiger partial charge is 0.469 e. The molecule has 7 heteroatoms. The van der Waals surface area contributed by atoms with Gasteiger partial charge in [-0.05, 0) is 30.5 Å². The topological polar surface area (TPSA) is 62.5 Å². The molecule has 25 heavy (non-hydrogen) atoms. The van der Waals surface area contributed by atoms with Gasteiger partial charge in [0.25, 0.3) is 0 Å². The Balaban J connectivity index is 1.50. The van der Waals surface area contributed by atoms with Crippen LogP contribution in [0.15, 0.2) is 51.5 Å². The van der Waals surface area contributed by atoms with E-state index in [0.29, 0.717) is 6.54 Å². The SMILES string of the molecule is Cc1cnc(CCNC(=NCc2cccs2)NCCc2ccco2)s1. The zero-order valence-electron chi connectivity index (χ0n) is 14.2. The second kappa shape index (κ2) is 9.39. The molecule has 0 aliphatic carbocycles. The molecule has 0 fully saturated rings. The fourth-order valence-corrected chi connectivity index (χ4v) is 3.71. The van der Waals surface area contributed by atoms with Crippen LogP contribution in [0, 0.1) is 6.92 Å². The zero-order valence-corrected chi connectivity index (χ0v) is 15.8. The summed E-state index contributed by atoms with van der Waals surface area (Å²) >= 11 is 3.47. The van der Waals surface area contributed by atoms with Crippen molar-refractivity contribution in [3.63, 3.8) is 0 Å². The molecule has 3 aromatic rings. The number of rotatable bonds is 8. The summed E-state index contributed by atoms with van der Waals surface area (Å²) in [6.07, 6.45) is 5.36. The van der Waals surface area contributed by atoms with Gasteiger partial charge < -0.3 is 15.1 Å². The van der Waals surface area contributed by atoms with Crippen molar-refractivity contribution < 1.29 is 4.42 Å². The zero-order chi connectivity index (χ0) is 17.3. The molecule has 3 rings (SSSR count). The molecule has 132 valence electrons. The van der Waals surface area contributed by atoms with E-state index in [2.05, 4.69) is 45.0 Å². The first kappa shape index (κ1) is 17.7. The lowest BCUT2D eigenvalue weighted by molar-refractivity contribution is 0.506. The molecule has 0 aliphatic rings. The Labute approximate surface area is 155 Å². The van der Waals surface area contributed by atoms with Crippen LogP contribution in [0.5, 0.6) is 0 Å². The summed E-state index contributed by atoms with van der Waals surface area (Å²) in [5.41, 5.74) is 0. The van der Waals surface area contributed by atoms with Crippen molar-refractivity contribution in [2.75, 3.05) is 13.1 Å². The Bertz CT molecular complexity index is 763. The maximum absolute atomic E-state index is 5.37. The van der Waals surface area contributed by atoms with E-state index >= 15 is 0 Å². The first-order chi connectivity index (χ1) is 12.3. The van der Waals surface area contributed by atoms with Gasteiger partial charge in [-0.2, -0.15) is 0 Å². The molecule has 5 nitrogen and oxygen atoms in total. The van der Waals surface area contributed by atoms with Gasteiger partial charge in [-0.25, -0.2) is 9.98 Å². The lowest BCUT2D eigenvalue weighted by Gasteiger charge is -2.11. The Hall–Kier alpha value is -2.12. The van der Waals surface area contributed by atoms with Crippen LogP contribution >= 0.6 is 22.7 Å². The van der Waals surface area contributed by atoms with Crippen molar-refractivity contribution in [1.29, 1.82) is 0 Å². The fourth-order valence-electron chi connectivity index (χ4n) is 2.30. The van der Waals surface area contributed by atoms with Crippen molar-refractivity contribution in [3.05, 3.63) is 62.6 Å². The summed E-state index contributed by atoms with van der Waals surface area (Å²) in [5, 5.41) is 10.0. The summed E-state index contributed by atoms with van der Waals surface area (Å²) in [7, 11) is 0. The third kappa shape index (κ3) is 6.03. The standard InChI is InChI=1S/C18H22N4OS2/c1-14-12-21-17(25-14)7-9-20-18(22-13-16-5-3-11-24-16)19-8-6-15-4-2-10-23-15/h2-5,10-12H,6-9,13H2,1H3,(H2,19,20,22). The highest BCUT2D eigenvalue weighted by molar-refractivity contribution is 7.11. The van der Waals surface area contributed by atoms with E-state index in [4.69, 9.17) is 4.42 Å². The number of thiophene rings is 1. The number of aryl methyl sites for hydroxylation is 1. The molecule has 0 atom stereocenters. The number of nitrogens with one attached hydrogen (secondary N) is 2. The number of aromatic nitrogens is 1. The van der Waals surface area contributed by atoms with E-state index in [1.807, 2.05) is 18.3 Å². The van der Waals surface area contributed by atoms with E-state index in [0.717, 1.165) is 42.7 Å². The average molecular weight is 375 g/mol. The van der Waals surface area contributed by atoms with Crippen molar-refractivity contribution in [2.24, 2.45) is 4.99 Å². The van der Waals surface area contributed by atoms with Crippen molar-refractivity contribution in [3.8, 4) is 0 Å². The number of thiazole rings is 1. The van der Waals surface area contributed by atoms with Gasteiger partial charge in [0, 0.05) is 41.9 Å². The predicted octanol–water partition coefficient (Wildman–Crippen LogP) is 3.63. The van der Waals surface area contributed by atoms with Crippen LogP contribution in [-0.2, 0) is 19.4 Å². The Morgan fingerprint density at radius 3 is 2.76 bits per heavy atom. The van der Waals surface area contributed by atoms with Crippen molar-refractivity contribution >= 4 is 28.6 Å². The molecule has 3 heterocycles. The quantitative estimate of drug-likeness (QED) is 0.467. The molecule has 0 unspecified atom stereocenters. The van der Waals surface area contributed by atoms with Crippen LogP contribution in [0.3, 0.4) is 0 Å². The molecule has 2 N–H and O–H groups in total. The molecule has 0 spiro atoms. The van der Waals surface area contributed by atoms with Gasteiger partial charge in [0.05, 0.1) is 17.8 Å². The normalized spacial score (nSPS) is 11.6. The number of furan rings is 1. The van der Waals surface area contributed by atoms with E-state index in [1.54, 1.807) is 28.9 Å². The molecule has 0 aliphatic heterocycles. The molecule has 0 amide bonds. The number of guanidine groups is 1.